The first kappa shape index (κ1) is 10.8. The van der Waals surface area contributed by atoms with Crippen LogP contribution < -0.4 is 5.32 Å². The Morgan fingerprint density at radius 2 is 2.00 bits per heavy atom. The largest absolute Gasteiger partial charge is 0.316 e. The van der Waals surface area contributed by atoms with Crippen LogP contribution in [0.25, 0.3) is 0 Å². The molecule has 1 nitrogen and oxygen atoms in total. The molecule has 1 aliphatic heterocycles. The molecule has 0 saturated heterocycles. The first-order chi connectivity index (χ1) is 7.80. The maximum absolute atomic E-state index is 3.63. The Hall–Kier alpha value is -0.340. The third-order valence-electron chi connectivity index (χ3n) is 4.24. The zero-order chi connectivity index (χ0) is 11.0. The highest BCUT2D eigenvalue weighted by atomic mass is 79.9. The summed E-state index contributed by atoms with van der Waals surface area (Å²) < 4.78 is 1.24. The van der Waals surface area contributed by atoms with Crippen LogP contribution in [0, 0.1) is 0 Å². The highest BCUT2D eigenvalue weighted by Crippen LogP contribution is 2.43. The maximum atomic E-state index is 3.63. The Labute approximate surface area is 106 Å². The van der Waals surface area contributed by atoms with E-state index in [0.717, 1.165) is 6.54 Å². The summed E-state index contributed by atoms with van der Waals surface area (Å²) in [6.45, 7) is 2.31. The van der Waals surface area contributed by atoms with Gasteiger partial charge in [-0.3, -0.25) is 0 Å². The van der Waals surface area contributed by atoms with E-state index in [0.29, 0.717) is 5.41 Å². The van der Waals surface area contributed by atoms with Crippen LogP contribution in [0.15, 0.2) is 22.7 Å². The molecule has 0 bridgehead atoms. The van der Waals surface area contributed by atoms with Gasteiger partial charge in [-0.25, -0.2) is 0 Å². The van der Waals surface area contributed by atoms with Crippen LogP contribution in [0.1, 0.15) is 36.8 Å². The molecule has 1 aliphatic carbocycles. The van der Waals surface area contributed by atoms with Crippen LogP contribution in [-0.2, 0) is 11.8 Å². The molecule has 1 heterocycles. The van der Waals surface area contributed by atoms with Crippen molar-refractivity contribution in [2.45, 2.75) is 37.5 Å². The minimum Gasteiger partial charge on any atom is -0.316 e. The molecule has 1 fully saturated rings. The van der Waals surface area contributed by atoms with E-state index < -0.39 is 0 Å². The minimum atomic E-state index is 0.440. The Bertz CT molecular complexity index is 394. The summed E-state index contributed by atoms with van der Waals surface area (Å²) in [7, 11) is 0. The van der Waals surface area contributed by atoms with Crippen LogP contribution >= 0.6 is 15.9 Å². The second kappa shape index (κ2) is 4.15. The standard InChI is InChI=1S/C14H18BrN/c15-12-4-3-11-5-8-16-10-14(13(11)9-12)6-1-2-7-14/h3-4,9,16H,1-2,5-8,10H2. The van der Waals surface area contributed by atoms with E-state index in [1.807, 2.05) is 0 Å². The van der Waals surface area contributed by atoms with Gasteiger partial charge in [0.2, 0.25) is 0 Å². The Morgan fingerprint density at radius 1 is 1.19 bits per heavy atom. The van der Waals surface area contributed by atoms with E-state index >= 15 is 0 Å². The number of hydrogen-bond acceptors (Lipinski definition) is 1. The van der Waals surface area contributed by atoms with E-state index in [1.54, 1.807) is 11.1 Å². The highest BCUT2D eigenvalue weighted by Gasteiger charge is 2.37. The normalized spacial score (nSPS) is 23.1. The SMILES string of the molecule is Brc1ccc2c(c1)C1(CCCC1)CNCC2. The number of hydrogen-bond donors (Lipinski definition) is 1. The average Bonchev–Trinajstić information content (AvgIpc) is 2.68. The van der Waals surface area contributed by atoms with E-state index in [-0.39, 0.29) is 0 Å². The average molecular weight is 280 g/mol. The predicted molar refractivity (Wildman–Crippen MR) is 70.9 cm³/mol. The first-order valence-electron chi connectivity index (χ1n) is 6.30. The molecule has 2 aliphatic rings. The van der Waals surface area contributed by atoms with Crippen molar-refractivity contribution >= 4 is 15.9 Å². The molecule has 0 unspecified atom stereocenters. The zero-order valence-corrected chi connectivity index (χ0v) is 11.1. The second-order valence-corrected chi connectivity index (χ2v) is 6.13. The lowest BCUT2D eigenvalue weighted by Gasteiger charge is -2.30. The van der Waals surface area contributed by atoms with E-state index in [1.165, 1.54) is 43.1 Å². The monoisotopic (exact) mass is 279 g/mol. The lowest BCUT2D eigenvalue weighted by atomic mass is 9.77. The molecule has 0 atom stereocenters. The molecular formula is C14H18BrN. The van der Waals surface area contributed by atoms with Crippen LogP contribution in [0.2, 0.25) is 0 Å². The second-order valence-electron chi connectivity index (χ2n) is 5.22. The van der Waals surface area contributed by atoms with Gasteiger partial charge >= 0.3 is 0 Å². The van der Waals surface area contributed by atoms with Crippen LogP contribution in [0.5, 0.6) is 0 Å². The third-order valence-corrected chi connectivity index (χ3v) is 4.73. The van der Waals surface area contributed by atoms with E-state index in [4.69, 9.17) is 0 Å². The minimum absolute atomic E-state index is 0.440. The predicted octanol–water partition coefficient (Wildman–Crippen LogP) is 3.41. The maximum Gasteiger partial charge on any atom is 0.0178 e. The highest BCUT2D eigenvalue weighted by molar-refractivity contribution is 9.10. The summed E-state index contributed by atoms with van der Waals surface area (Å²) in [6.07, 6.45) is 6.71. The molecule has 1 aromatic carbocycles. The number of halogens is 1. The van der Waals surface area contributed by atoms with Crippen molar-refractivity contribution in [2.75, 3.05) is 13.1 Å². The molecule has 1 spiro atoms. The van der Waals surface area contributed by atoms with Gasteiger partial charge in [-0.05, 0) is 49.1 Å². The van der Waals surface area contributed by atoms with Crippen molar-refractivity contribution in [1.82, 2.24) is 5.32 Å². The van der Waals surface area contributed by atoms with Gasteiger partial charge in [-0.1, -0.05) is 34.8 Å². The van der Waals surface area contributed by atoms with Crippen LogP contribution in [-0.4, -0.2) is 13.1 Å². The molecule has 86 valence electrons. The number of fused-ring (bicyclic) bond motifs is 2. The fourth-order valence-electron chi connectivity index (χ4n) is 3.40. The molecule has 0 aromatic heterocycles. The van der Waals surface area contributed by atoms with Gasteiger partial charge in [0.1, 0.15) is 0 Å². The van der Waals surface area contributed by atoms with Crippen molar-refractivity contribution in [1.29, 1.82) is 0 Å². The van der Waals surface area contributed by atoms with Crippen LogP contribution in [0.4, 0.5) is 0 Å². The molecular weight excluding hydrogens is 262 g/mol. The Balaban J connectivity index is 2.11. The van der Waals surface area contributed by atoms with Crippen LogP contribution in [0.3, 0.4) is 0 Å². The summed E-state index contributed by atoms with van der Waals surface area (Å²) >= 11 is 3.63. The smallest absolute Gasteiger partial charge is 0.0178 e. The first-order valence-corrected chi connectivity index (χ1v) is 7.09. The van der Waals surface area contributed by atoms with E-state index in [2.05, 4.69) is 39.4 Å². The molecule has 2 heteroatoms. The number of nitrogens with one attached hydrogen (secondary N) is 1. The Morgan fingerprint density at radius 3 is 2.81 bits per heavy atom. The number of benzene rings is 1. The molecule has 1 N–H and O–H groups in total. The Kier molecular flexibility index (Phi) is 2.80. The fourth-order valence-corrected chi connectivity index (χ4v) is 3.77. The third kappa shape index (κ3) is 1.72. The summed E-state index contributed by atoms with van der Waals surface area (Å²) in [5, 5.41) is 3.63. The molecule has 0 radical (unpaired) electrons. The summed E-state index contributed by atoms with van der Waals surface area (Å²) in [6, 6.07) is 6.87. The quantitative estimate of drug-likeness (QED) is 0.768. The molecule has 16 heavy (non-hydrogen) atoms. The lowest BCUT2D eigenvalue weighted by molar-refractivity contribution is 0.418. The molecule has 1 saturated carbocycles. The van der Waals surface area contributed by atoms with Gasteiger partial charge in [-0.2, -0.15) is 0 Å². The lowest BCUT2D eigenvalue weighted by Crippen LogP contribution is -2.34. The molecule has 1 aromatic rings. The number of rotatable bonds is 0. The van der Waals surface area contributed by atoms with Crippen molar-refractivity contribution in [3.05, 3.63) is 33.8 Å². The van der Waals surface area contributed by atoms with Gasteiger partial charge in [0, 0.05) is 16.4 Å². The topological polar surface area (TPSA) is 12.0 Å². The molecule has 0 amide bonds. The fraction of sp³-hybridized carbons (Fsp3) is 0.571. The van der Waals surface area contributed by atoms with Crippen molar-refractivity contribution < 1.29 is 0 Å². The van der Waals surface area contributed by atoms with Gasteiger partial charge in [0.15, 0.2) is 0 Å². The van der Waals surface area contributed by atoms with Gasteiger partial charge in [-0.15, -0.1) is 0 Å². The van der Waals surface area contributed by atoms with Gasteiger partial charge < -0.3 is 5.32 Å². The molecule has 3 rings (SSSR count). The summed E-state index contributed by atoms with van der Waals surface area (Å²) in [5.41, 5.74) is 3.62. The van der Waals surface area contributed by atoms with Crippen molar-refractivity contribution in [2.24, 2.45) is 0 Å². The van der Waals surface area contributed by atoms with Crippen molar-refractivity contribution in [3.63, 3.8) is 0 Å². The van der Waals surface area contributed by atoms with Gasteiger partial charge in [0.05, 0.1) is 0 Å². The zero-order valence-electron chi connectivity index (χ0n) is 9.56. The van der Waals surface area contributed by atoms with Gasteiger partial charge in [0.25, 0.3) is 0 Å². The van der Waals surface area contributed by atoms with E-state index in [9.17, 15) is 0 Å². The van der Waals surface area contributed by atoms with Crippen molar-refractivity contribution in [3.8, 4) is 0 Å². The summed E-state index contributed by atoms with van der Waals surface area (Å²) in [5.74, 6) is 0. The summed E-state index contributed by atoms with van der Waals surface area (Å²) in [4.78, 5) is 0.